The number of aryl methyl sites for hydroxylation is 1. The maximum Gasteiger partial charge on any atom is 0.305 e. The number of aliphatic carboxylic acids is 1. The van der Waals surface area contributed by atoms with Crippen LogP contribution in [0.3, 0.4) is 0 Å². The molecule has 1 rings (SSSR count). The molecule has 0 fully saturated rings. The normalized spacial score (nSPS) is 13.2. The average molecular weight is 265 g/mol. The summed E-state index contributed by atoms with van der Waals surface area (Å²) in [7, 11) is 1.65. The summed E-state index contributed by atoms with van der Waals surface area (Å²) in [5.41, 5.74) is 8.72. The van der Waals surface area contributed by atoms with E-state index in [1.807, 2.05) is 19.1 Å². The molecule has 0 aromatic heterocycles. The smallest absolute Gasteiger partial charge is 0.305 e. The fourth-order valence-corrected chi connectivity index (χ4v) is 2.15. The second-order valence-corrected chi connectivity index (χ2v) is 5.87. The van der Waals surface area contributed by atoms with E-state index in [0.717, 1.165) is 22.4 Å². The Bertz CT molecular complexity index is 475. The van der Waals surface area contributed by atoms with Gasteiger partial charge in [-0.3, -0.25) is 4.79 Å². The van der Waals surface area contributed by atoms with E-state index in [1.54, 1.807) is 7.11 Å². The lowest BCUT2D eigenvalue weighted by molar-refractivity contribution is -0.137. The largest absolute Gasteiger partial charge is 0.496 e. The summed E-state index contributed by atoms with van der Waals surface area (Å²) >= 11 is 0. The summed E-state index contributed by atoms with van der Waals surface area (Å²) in [6.45, 7) is 8.23. The van der Waals surface area contributed by atoms with Gasteiger partial charge >= 0.3 is 5.97 Å². The molecule has 106 valence electrons. The first-order valence-corrected chi connectivity index (χ1v) is 6.33. The average Bonchev–Trinajstić information content (AvgIpc) is 2.25. The van der Waals surface area contributed by atoms with Crippen molar-refractivity contribution in [2.75, 3.05) is 7.11 Å². The summed E-state index contributed by atoms with van der Waals surface area (Å²) in [5.74, 6) is -0.0444. The van der Waals surface area contributed by atoms with Crippen LogP contribution in [-0.4, -0.2) is 18.2 Å². The summed E-state index contributed by atoms with van der Waals surface area (Å²) < 4.78 is 5.46. The van der Waals surface area contributed by atoms with Crippen LogP contribution in [0, 0.1) is 6.92 Å². The molecule has 0 radical (unpaired) electrons. The number of benzene rings is 1. The van der Waals surface area contributed by atoms with E-state index in [4.69, 9.17) is 15.6 Å². The predicted octanol–water partition coefficient (Wildman–Crippen LogP) is 2.78. The molecule has 3 N–H and O–H groups in total. The Morgan fingerprint density at radius 2 is 2.00 bits per heavy atom. The molecule has 1 aromatic rings. The molecular formula is C15H23NO3. The van der Waals surface area contributed by atoms with Crippen molar-refractivity contribution < 1.29 is 14.6 Å². The number of carbonyl (C=O) groups is 1. The van der Waals surface area contributed by atoms with Gasteiger partial charge in [0.25, 0.3) is 0 Å². The maximum absolute atomic E-state index is 10.8. The van der Waals surface area contributed by atoms with Gasteiger partial charge in [0.1, 0.15) is 5.75 Å². The third-order valence-corrected chi connectivity index (χ3v) is 3.13. The minimum absolute atomic E-state index is 0.0741. The lowest BCUT2D eigenvalue weighted by atomic mass is 9.83. The van der Waals surface area contributed by atoms with Crippen LogP contribution in [0.2, 0.25) is 0 Å². The maximum atomic E-state index is 10.8. The molecule has 0 spiro atoms. The van der Waals surface area contributed by atoms with Crippen LogP contribution in [0.5, 0.6) is 5.75 Å². The molecule has 1 unspecified atom stereocenters. The van der Waals surface area contributed by atoms with E-state index in [9.17, 15) is 4.79 Å². The highest BCUT2D eigenvalue weighted by atomic mass is 16.5. The van der Waals surface area contributed by atoms with Gasteiger partial charge in [0.05, 0.1) is 13.5 Å². The molecule has 4 nitrogen and oxygen atoms in total. The highest BCUT2D eigenvalue weighted by molar-refractivity contribution is 5.68. The molecule has 0 aliphatic carbocycles. The number of ether oxygens (including phenoxy) is 1. The molecule has 4 heteroatoms. The Balaban J connectivity index is 3.31. The zero-order chi connectivity index (χ0) is 14.8. The lowest BCUT2D eigenvalue weighted by Crippen LogP contribution is -2.18. The molecular weight excluding hydrogens is 242 g/mol. The summed E-state index contributed by atoms with van der Waals surface area (Å²) in [6.07, 6.45) is -0.0741. The Labute approximate surface area is 114 Å². The first kappa shape index (κ1) is 15.5. The molecule has 0 saturated heterocycles. The minimum Gasteiger partial charge on any atom is -0.496 e. The van der Waals surface area contributed by atoms with Crippen molar-refractivity contribution in [3.63, 3.8) is 0 Å². The Kier molecular flexibility index (Phi) is 4.58. The predicted molar refractivity (Wildman–Crippen MR) is 75.6 cm³/mol. The Morgan fingerprint density at radius 3 is 2.42 bits per heavy atom. The first-order valence-electron chi connectivity index (χ1n) is 6.33. The molecule has 1 atom stereocenters. The number of carboxylic acids is 1. The second kappa shape index (κ2) is 5.61. The van der Waals surface area contributed by atoms with Gasteiger partial charge in [-0.1, -0.05) is 26.8 Å². The summed E-state index contributed by atoms with van der Waals surface area (Å²) in [4.78, 5) is 10.8. The first-order chi connectivity index (χ1) is 8.66. The van der Waals surface area contributed by atoms with E-state index in [1.165, 1.54) is 0 Å². The van der Waals surface area contributed by atoms with Gasteiger partial charge in [0.2, 0.25) is 0 Å². The molecule has 0 aliphatic rings. The minimum atomic E-state index is -0.890. The zero-order valence-corrected chi connectivity index (χ0v) is 12.3. The van der Waals surface area contributed by atoms with Crippen LogP contribution in [0.15, 0.2) is 12.1 Å². The van der Waals surface area contributed by atoms with Crippen LogP contribution < -0.4 is 10.5 Å². The van der Waals surface area contributed by atoms with E-state index >= 15 is 0 Å². The van der Waals surface area contributed by atoms with Crippen molar-refractivity contribution in [1.29, 1.82) is 0 Å². The van der Waals surface area contributed by atoms with Crippen molar-refractivity contribution in [2.24, 2.45) is 5.73 Å². The third-order valence-electron chi connectivity index (χ3n) is 3.13. The number of carboxylic acid groups (broad SMARTS) is 1. The number of methoxy groups -OCH3 is 1. The van der Waals surface area contributed by atoms with Gasteiger partial charge in [-0.25, -0.2) is 0 Å². The van der Waals surface area contributed by atoms with Crippen LogP contribution in [0.4, 0.5) is 0 Å². The van der Waals surface area contributed by atoms with Crippen LogP contribution in [-0.2, 0) is 10.2 Å². The van der Waals surface area contributed by atoms with E-state index < -0.39 is 12.0 Å². The standard InChI is InChI=1S/C15H23NO3/c1-9-6-10(12(16)8-13(17)18)7-11(14(9)19-5)15(2,3)4/h6-7,12H,8,16H2,1-5H3,(H,17,18). The highest BCUT2D eigenvalue weighted by Crippen LogP contribution is 2.36. The van der Waals surface area contributed by atoms with E-state index in [2.05, 4.69) is 20.8 Å². The summed E-state index contributed by atoms with van der Waals surface area (Å²) in [5, 5.41) is 8.84. The lowest BCUT2D eigenvalue weighted by Gasteiger charge is -2.25. The van der Waals surface area contributed by atoms with Crippen molar-refractivity contribution in [2.45, 2.75) is 45.6 Å². The van der Waals surface area contributed by atoms with Crippen LogP contribution in [0.25, 0.3) is 0 Å². The van der Waals surface area contributed by atoms with Crippen molar-refractivity contribution >= 4 is 5.97 Å². The number of nitrogens with two attached hydrogens (primary N) is 1. The number of rotatable bonds is 4. The quantitative estimate of drug-likeness (QED) is 0.878. The van der Waals surface area contributed by atoms with Crippen LogP contribution in [0.1, 0.15) is 49.9 Å². The van der Waals surface area contributed by atoms with Gasteiger partial charge < -0.3 is 15.6 Å². The molecule has 19 heavy (non-hydrogen) atoms. The fourth-order valence-electron chi connectivity index (χ4n) is 2.15. The monoisotopic (exact) mass is 265 g/mol. The molecule has 0 heterocycles. The molecule has 0 bridgehead atoms. The van der Waals surface area contributed by atoms with Crippen LogP contribution >= 0.6 is 0 Å². The molecule has 0 saturated carbocycles. The van der Waals surface area contributed by atoms with Gasteiger partial charge in [0, 0.05) is 11.6 Å². The van der Waals surface area contributed by atoms with Gasteiger partial charge in [-0.2, -0.15) is 0 Å². The highest BCUT2D eigenvalue weighted by Gasteiger charge is 2.23. The third kappa shape index (κ3) is 3.70. The number of hydrogen-bond donors (Lipinski definition) is 2. The van der Waals surface area contributed by atoms with Crippen molar-refractivity contribution in [3.8, 4) is 5.75 Å². The van der Waals surface area contributed by atoms with Gasteiger partial charge in [0.15, 0.2) is 0 Å². The van der Waals surface area contributed by atoms with Crippen molar-refractivity contribution in [3.05, 3.63) is 28.8 Å². The Hall–Kier alpha value is -1.55. The topological polar surface area (TPSA) is 72.5 Å². The molecule has 1 aromatic carbocycles. The van der Waals surface area contributed by atoms with E-state index in [0.29, 0.717) is 0 Å². The van der Waals surface area contributed by atoms with Crippen molar-refractivity contribution in [1.82, 2.24) is 0 Å². The molecule has 0 amide bonds. The number of hydrogen-bond acceptors (Lipinski definition) is 3. The fraction of sp³-hybridized carbons (Fsp3) is 0.533. The van der Waals surface area contributed by atoms with Gasteiger partial charge in [-0.15, -0.1) is 0 Å². The second-order valence-electron chi connectivity index (χ2n) is 5.87. The molecule has 0 aliphatic heterocycles. The Morgan fingerprint density at radius 1 is 1.42 bits per heavy atom. The van der Waals surface area contributed by atoms with Gasteiger partial charge in [-0.05, 0) is 29.5 Å². The zero-order valence-electron chi connectivity index (χ0n) is 12.3. The SMILES string of the molecule is COc1c(C)cc(C(N)CC(=O)O)cc1C(C)(C)C. The van der Waals surface area contributed by atoms with E-state index in [-0.39, 0.29) is 11.8 Å². The summed E-state index contributed by atoms with van der Waals surface area (Å²) in [6, 6.07) is 3.37.